The van der Waals surface area contributed by atoms with Crippen LogP contribution in [0.2, 0.25) is 0 Å². The quantitative estimate of drug-likeness (QED) is 0.139. The van der Waals surface area contributed by atoms with E-state index in [1.807, 2.05) is 30.8 Å². The largest absolute Gasteiger partial charge is 0.433 e. The van der Waals surface area contributed by atoms with Gasteiger partial charge in [0.15, 0.2) is 0 Å². The monoisotopic (exact) mass is 832 g/mol. The van der Waals surface area contributed by atoms with E-state index in [0.717, 1.165) is 35.2 Å². The number of aromatic nitrogens is 6. The molecule has 2 aliphatic heterocycles. The lowest BCUT2D eigenvalue weighted by atomic mass is 9.93. The van der Waals surface area contributed by atoms with Crippen LogP contribution in [0.1, 0.15) is 23.0 Å². The zero-order valence-electron chi connectivity index (χ0n) is 31.5. The number of alkyl halides is 6. The molecule has 0 atom stereocenters. The second kappa shape index (κ2) is 16.3. The Morgan fingerprint density at radius 3 is 1.53 bits per heavy atom. The Hall–Kier alpha value is -5.67. The molecule has 2 aromatic carbocycles. The van der Waals surface area contributed by atoms with Gasteiger partial charge in [0.1, 0.15) is 34.2 Å². The molecule has 308 valence electrons. The van der Waals surface area contributed by atoms with E-state index in [0.29, 0.717) is 44.3 Å². The van der Waals surface area contributed by atoms with Gasteiger partial charge in [-0.3, -0.25) is 0 Å². The van der Waals surface area contributed by atoms with Crippen LogP contribution >= 0.6 is 0 Å². The molecule has 14 nitrogen and oxygen atoms in total. The summed E-state index contributed by atoms with van der Waals surface area (Å²) in [6.07, 6.45) is 6.58. The molecule has 8 rings (SSSR count). The lowest BCUT2D eigenvalue weighted by molar-refractivity contribution is -0.0502. The molecule has 0 unspecified atom stereocenters. The number of ether oxygens (including phenoxy) is 2. The fraction of sp³-hybridized carbons (Fsp3) is 0.351. The van der Waals surface area contributed by atoms with Crippen molar-refractivity contribution in [3.8, 4) is 11.5 Å². The van der Waals surface area contributed by atoms with Crippen LogP contribution in [0, 0.1) is 0 Å². The highest BCUT2D eigenvalue weighted by Crippen LogP contribution is 2.40. The van der Waals surface area contributed by atoms with E-state index in [4.69, 9.17) is 9.47 Å². The van der Waals surface area contributed by atoms with Crippen LogP contribution < -0.4 is 24.6 Å². The standard InChI is InChI=1S/C19H19F4N5O3S.C18H19F2N5O/c1-26-10-25-13-7-24-17(6-15(13)26)27(2)14-4-3-11(5-16(14)31-18(20)21)12-8-28(9-12)32(29,30)19(22)23;1-24-10-23-13-9-22-17(6-15(13)24)25(2)14-4-3-11(12-7-21-8-12)5-16(14)26-18(19)20/h3-7,10,12,18-19H,8-9H2,1-2H3;3-6,9-10,12,18,21H,7-8H2,1-2H3. The Balaban J connectivity index is 0.000000180. The van der Waals surface area contributed by atoms with Crippen molar-refractivity contribution >= 4 is 55.1 Å². The third-order valence-electron chi connectivity index (χ3n) is 10.2. The molecular weight excluding hydrogens is 795 g/mol. The fourth-order valence-electron chi connectivity index (χ4n) is 6.65. The number of halogens is 6. The van der Waals surface area contributed by atoms with Crippen molar-refractivity contribution in [2.45, 2.75) is 30.8 Å². The summed E-state index contributed by atoms with van der Waals surface area (Å²) in [6.45, 7) is -4.60. The Bertz CT molecular complexity index is 2530. The number of sulfonamides is 1. The molecular formula is C37H38F6N10O4S. The first kappa shape index (κ1) is 40.5. The van der Waals surface area contributed by atoms with Crippen molar-refractivity contribution in [1.82, 2.24) is 38.7 Å². The number of benzene rings is 2. The van der Waals surface area contributed by atoms with Gasteiger partial charge in [-0.15, -0.1) is 0 Å². The zero-order valence-corrected chi connectivity index (χ0v) is 32.3. The van der Waals surface area contributed by atoms with Gasteiger partial charge in [0.25, 0.3) is 10.0 Å². The van der Waals surface area contributed by atoms with Crippen LogP contribution in [0.25, 0.3) is 22.1 Å². The topological polar surface area (TPSA) is 136 Å². The van der Waals surface area contributed by atoms with Crippen molar-refractivity contribution in [1.29, 1.82) is 0 Å². The summed E-state index contributed by atoms with van der Waals surface area (Å²) in [5.41, 5.74) is 5.51. The van der Waals surface area contributed by atoms with Crippen molar-refractivity contribution in [3.63, 3.8) is 0 Å². The minimum Gasteiger partial charge on any atom is -0.433 e. The van der Waals surface area contributed by atoms with Crippen molar-refractivity contribution in [3.05, 3.63) is 84.7 Å². The summed E-state index contributed by atoms with van der Waals surface area (Å²) in [6, 6.07) is 13.6. The maximum absolute atomic E-state index is 13.1. The highest BCUT2D eigenvalue weighted by Gasteiger charge is 2.41. The summed E-state index contributed by atoms with van der Waals surface area (Å²) in [5, 5.41) is 3.19. The predicted octanol–water partition coefficient (Wildman–Crippen LogP) is 6.31. The molecule has 0 amide bonds. The molecule has 0 bridgehead atoms. The van der Waals surface area contributed by atoms with Gasteiger partial charge in [0, 0.05) is 78.3 Å². The summed E-state index contributed by atoms with van der Waals surface area (Å²) in [7, 11) is 2.47. The molecule has 6 heterocycles. The first-order chi connectivity index (χ1) is 27.6. The molecule has 21 heteroatoms. The van der Waals surface area contributed by atoms with Gasteiger partial charge in [-0.05, 0) is 35.4 Å². The maximum Gasteiger partial charge on any atom is 0.387 e. The summed E-state index contributed by atoms with van der Waals surface area (Å²) >= 11 is 0. The second-order valence-corrected chi connectivity index (χ2v) is 15.7. The van der Waals surface area contributed by atoms with Crippen LogP contribution in [0.4, 0.5) is 49.4 Å². The van der Waals surface area contributed by atoms with Crippen LogP contribution in [-0.4, -0.2) is 101 Å². The van der Waals surface area contributed by atoms with E-state index >= 15 is 0 Å². The van der Waals surface area contributed by atoms with Gasteiger partial charge in [0.2, 0.25) is 0 Å². The SMILES string of the molecule is CN(c1cc2c(cn1)ncn2C)c1ccc(C2CN(S(=O)(=O)C(F)F)C2)cc1OC(F)F.CN(c1cc2c(cn1)ncn2C)c1ccc(C2CNC2)cc1OC(F)F. The Kier molecular flexibility index (Phi) is 11.4. The number of rotatable bonds is 12. The number of pyridine rings is 2. The predicted molar refractivity (Wildman–Crippen MR) is 204 cm³/mol. The van der Waals surface area contributed by atoms with Crippen LogP contribution in [0.15, 0.2) is 73.6 Å². The lowest BCUT2D eigenvalue weighted by Crippen LogP contribution is -2.50. The van der Waals surface area contributed by atoms with E-state index in [-0.39, 0.29) is 24.6 Å². The first-order valence-corrected chi connectivity index (χ1v) is 19.3. The van der Waals surface area contributed by atoms with Gasteiger partial charge >= 0.3 is 19.0 Å². The Morgan fingerprint density at radius 1 is 0.690 bits per heavy atom. The number of hydrogen-bond donors (Lipinski definition) is 1. The van der Waals surface area contributed by atoms with Gasteiger partial charge < -0.3 is 33.7 Å². The van der Waals surface area contributed by atoms with E-state index in [9.17, 15) is 34.8 Å². The highest BCUT2D eigenvalue weighted by molar-refractivity contribution is 7.89. The maximum atomic E-state index is 13.1. The van der Waals surface area contributed by atoms with E-state index < -0.39 is 34.9 Å². The van der Waals surface area contributed by atoms with Gasteiger partial charge in [-0.25, -0.2) is 28.4 Å². The van der Waals surface area contributed by atoms with E-state index in [2.05, 4.69) is 25.3 Å². The van der Waals surface area contributed by atoms with Crippen molar-refractivity contribution in [2.75, 3.05) is 50.1 Å². The van der Waals surface area contributed by atoms with Gasteiger partial charge in [-0.1, -0.05) is 12.1 Å². The average molecular weight is 833 g/mol. The number of nitrogens with one attached hydrogen (secondary N) is 1. The van der Waals surface area contributed by atoms with Crippen LogP contribution in [0.3, 0.4) is 0 Å². The molecule has 0 saturated carbocycles. The van der Waals surface area contributed by atoms with Crippen molar-refractivity contribution < 1.29 is 44.2 Å². The second-order valence-electron chi connectivity index (χ2n) is 13.8. The van der Waals surface area contributed by atoms with E-state index in [1.54, 1.807) is 83.8 Å². The number of anilines is 4. The number of fused-ring (bicyclic) bond motifs is 2. The number of hydrogen-bond acceptors (Lipinski definition) is 11. The lowest BCUT2D eigenvalue weighted by Gasteiger charge is -2.38. The van der Waals surface area contributed by atoms with E-state index in [1.165, 1.54) is 6.07 Å². The van der Waals surface area contributed by atoms with Gasteiger partial charge in [0.05, 0.1) is 47.5 Å². The fourth-order valence-corrected chi connectivity index (χ4v) is 7.65. The Labute approximate surface area is 328 Å². The molecule has 2 fully saturated rings. The summed E-state index contributed by atoms with van der Waals surface area (Å²) in [4.78, 5) is 20.5. The zero-order chi connectivity index (χ0) is 41.5. The number of nitrogens with zero attached hydrogens (tertiary/aromatic N) is 9. The minimum absolute atomic E-state index is 0.137. The first-order valence-electron chi connectivity index (χ1n) is 17.8. The third kappa shape index (κ3) is 8.18. The molecule has 2 aliphatic rings. The van der Waals surface area contributed by atoms with Crippen LogP contribution in [0.5, 0.6) is 11.5 Å². The van der Waals surface area contributed by atoms with Crippen molar-refractivity contribution in [2.24, 2.45) is 14.1 Å². The normalized spacial score (nSPS) is 15.1. The summed E-state index contributed by atoms with van der Waals surface area (Å²) in [5.74, 6) is -2.48. The molecule has 6 aromatic rings. The third-order valence-corrected chi connectivity index (χ3v) is 11.6. The highest BCUT2D eigenvalue weighted by atomic mass is 32.2. The molecule has 2 saturated heterocycles. The number of imidazole rings is 2. The van der Waals surface area contributed by atoms with Crippen LogP contribution in [-0.2, 0) is 24.1 Å². The Morgan fingerprint density at radius 2 is 1.14 bits per heavy atom. The summed E-state index contributed by atoms with van der Waals surface area (Å²) < 4.78 is 114. The molecule has 0 radical (unpaired) electrons. The molecule has 0 spiro atoms. The smallest absolute Gasteiger partial charge is 0.387 e. The molecule has 4 aromatic heterocycles. The molecule has 58 heavy (non-hydrogen) atoms. The average Bonchev–Trinajstić information content (AvgIpc) is 3.70. The molecule has 1 N–H and O–H groups in total. The minimum atomic E-state index is -4.66. The van der Waals surface area contributed by atoms with Gasteiger partial charge in [-0.2, -0.15) is 30.6 Å². The number of aryl methyl sites for hydroxylation is 2. The molecule has 0 aliphatic carbocycles.